The molecule has 25 heavy (non-hydrogen) atoms. The number of ether oxygens (including phenoxy) is 1. The Bertz CT molecular complexity index is 752. The van der Waals surface area contributed by atoms with Crippen molar-refractivity contribution in [1.29, 1.82) is 0 Å². The van der Waals surface area contributed by atoms with Crippen LogP contribution in [-0.4, -0.2) is 28.3 Å². The Morgan fingerprint density at radius 3 is 2.84 bits per heavy atom. The second-order valence-electron chi connectivity index (χ2n) is 5.99. The van der Waals surface area contributed by atoms with E-state index in [9.17, 15) is 9.59 Å². The lowest BCUT2D eigenvalue weighted by molar-refractivity contribution is -0.152. The number of carbonyl (C=O) groups excluding carboxylic acids is 2. The number of nitrogens with one attached hydrogen (secondary N) is 1. The summed E-state index contributed by atoms with van der Waals surface area (Å²) in [4.78, 5) is 23.7. The first kappa shape index (κ1) is 17.0. The first-order chi connectivity index (χ1) is 12.2. The molecule has 2 aromatic rings. The van der Waals surface area contributed by atoms with Crippen molar-refractivity contribution in [2.45, 2.75) is 25.8 Å². The summed E-state index contributed by atoms with van der Waals surface area (Å²) in [6.45, 7) is 0.0985. The minimum atomic E-state index is -0.313. The van der Waals surface area contributed by atoms with Gasteiger partial charge in [0, 0.05) is 18.3 Å². The number of hydrogen-bond donors (Lipinski definition) is 1. The van der Waals surface area contributed by atoms with Gasteiger partial charge in [0.15, 0.2) is 6.61 Å². The average Bonchev–Trinajstić information content (AvgIpc) is 3.15. The predicted octanol–water partition coefficient (Wildman–Crippen LogP) is 2.39. The molecule has 1 aromatic carbocycles. The van der Waals surface area contributed by atoms with Crippen LogP contribution in [0, 0.1) is 5.92 Å². The number of nitrogens with zero attached hydrogens (tertiary/aromatic N) is 2. The normalized spacial score (nSPS) is 16.4. The van der Waals surface area contributed by atoms with Crippen molar-refractivity contribution in [2.75, 3.05) is 6.61 Å². The molecule has 3 rings (SSSR count). The summed E-state index contributed by atoms with van der Waals surface area (Å²) in [5.74, 6) is -0.731. The van der Waals surface area contributed by atoms with Gasteiger partial charge >= 0.3 is 5.97 Å². The van der Waals surface area contributed by atoms with Crippen LogP contribution < -0.4 is 5.32 Å². The van der Waals surface area contributed by atoms with E-state index in [1.807, 2.05) is 42.6 Å². The molecular weight excluding hydrogens is 318 g/mol. The zero-order valence-corrected chi connectivity index (χ0v) is 13.9. The molecule has 1 heterocycles. The van der Waals surface area contributed by atoms with E-state index < -0.39 is 0 Å². The van der Waals surface area contributed by atoms with Crippen molar-refractivity contribution in [3.05, 3.63) is 60.4 Å². The average molecular weight is 339 g/mol. The van der Waals surface area contributed by atoms with Gasteiger partial charge < -0.3 is 10.1 Å². The Morgan fingerprint density at radius 1 is 1.24 bits per heavy atom. The molecule has 1 aromatic heterocycles. The van der Waals surface area contributed by atoms with E-state index in [0.29, 0.717) is 13.0 Å². The highest BCUT2D eigenvalue weighted by molar-refractivity contribution is 5.81. The van der Waals surface area contributed by atoms with E-state index in [-0.39, 0.29) is 24.4 Å². The molecule has 0 saturated heterocycles. The molecule has 1 atom stereocenters. The monoisotopic (exact) mass is 339 g/mol. The Labute approximate surface area is 146 Å². The minimum absolute atomic E-state index is 0.123. The van der Waals surface area contributed by atoms with Gasteiger partial charge in [-0.05, 0) is 31.4 Å². The van der Waals surface area contributed by atoms with Crippen LogP contribution in [0.15, 0.2) is 54.9 Å². The highest BCUT2D eigenvalue weighted by Crippen LogP contribution is 2.19. The number of allylic oxidation sites excluding steroid dienone is 2. The van der Waals surface area contributed by atoms with Crippen molar-refractivity contribution in [2.24, 2.45) is 5.92 Å². The summed E-state index contributed by atoms with van der Waals surface area (Å²) in [6.07, 6.45) is 9.97. The molecule has 0 radical (unpaired) electrons. The zero-order valence-electron chi connectivity index (χ0n) is 13.9. The van der Waals surface area contributed by atoms with Gasteiger partial charge in [0.2, 0.25) is 0 Å². The van der Waals surface area contributed by atoms with Gasteiger partial charge in [-0.1, -0.05) is 30.4 Å². The molecule has 1 N–H and O–H groups in total. The number of hydrogen-bond acceptors (Lipinski definition) is 4. The fourth-order valence-electron chi connectivity index (χ4n) is 2.69. The van der Waals surface area contributed by atoms with Crippen LogP contribution in [0.3, 0.4) is 0 Å². The summed E-state index contributed by atoms with van der Waals surface area (Å²) >= 11 is 0. The van der Waals surface area contributed by atoms with Gasteiger partial charge in [0.05, 0.1) is 17.8 Å². The van der Waals surface area contributed by atoms with Gasteiger partial charge in [0.25, 0.3) is 5.91 Å². The Morgan fingerprint density at radius 2 is 2.08 bits per heavy atom. The maximum absolute atomic E-state index is 11.9. The molecule has 0 aliphatic heterocycles. The van der Waals surface area contributed by atoms with Crippen LogP contribution in [0.2, 0.25) is 0 Å². The standard InChI is InChI=1S/C19H21N3O3/c23-18(14-25-19(24)16-7-3-1-4-8-16)20-11-15-12-21-22(13-15)17-9-5-2-6-10-17/h1-3,5-6,9-10,12-13,16H,4,7-8,11,14H2,(H,20,23)/t16-/m0/s1. The number of amides is 1. The van der Waals surface area contributed by atoms with Crippen LogP contribution in [-0.2, 0) is 20.9 Å². The third-order valence-corrected chi connectivity index (χ3v) is 4.09. The van der Waals surface area contributed by atoms with Crippen LogP contribution >= 0.6 is 0 Å². The van der Waals surface area contributed by atoms with Crippen molar-refractivity contribution in [1.82, 2.24) is 15.1 Å². The summed E-state index contributed by atoms with van der Waals surface area (Å²) in [5.41, 5.74) is 1.83. The molecule has 130 valence electrons. The van der Waals surface area contributed by atoms with E-state index in [1.54, 1.807) is 10.9 Å². The lowest BCUT2D eigenvalue weighted by Gasteiger charge is -2.16. The van der Waals surface area contributed by atoms with Crippen LogP contribution in [0.4, 0.5) is 0 Å². The second kappa shape index (κ2) is 8.28. The van der Waals surface area contributed by atoms with Gasteiger partial charge in [0.1, 0.15) is 0 Å². The van der Waals surface area contributed by atoms with E-state index in [2.05, 4.69) is 16.5 Å². The van der Waals surface area contributed by atoms with E-state index in [0.717, 1.165) is 24.1 Å². The van der Waals surface area contributed by atoms with Crippen LogP contribution in [0.5, 0.6) is 0 Å². The Hall–Kier alpha value is -2.89. The van der Waals surface area contributed by atoms with Crippen LogP contribution in [0.1, 0.15) is 24.8 Å². The van der Waals surface area contributed by atoms with Gasteiger partial charge in [-0.3, -0.25) is 9.59 Å². The number of para-hydroxylation sites is 1. The summed E-state index contributed by atoms with van der Waals surface area (Å²) < 4.78 is 6.85. The number of aromatic nitrogens is 2. The van der Waals surface area contributed by atoms with Gasteiger partial charge in [-0.2, -0.15) is 5.10 Å². The fourth-order valence-corrected chi connectivity index (χ4v) is 2.69. The molecule has 0 bridgehead atoms. The summed E-state index contributed by atoms with van der Waals surface area (Å²) in [7, 11) is 0. The number of benzene rings is 1. The molecule has 1 amide bonds. The van der Waals surface area contributed by atoms with Gasteiger partial charge in [-0.15, -0.1) is 0 Å². The van der Waals surface area contributed by atoms with Crippen molar-refractivity contribution in [3.63, 3.8) is 0 Å². The number of rotatable bonds is 6. The lowest BCUT2D eigenvalue weighted by Crippen LogP contribution is -2.30. The van der Waals surface area contributed by atoms with E-state index in [1.165, 1.54) is 0 Å². The Kier molecular flexibility index (Phi) is 5.61. The van der Waals surface area contributed by atoms with Gasteiger partial charge in [-0.25, -0.2) is 4.68 Å². The molecule has 0 unspecified atom stereocenters. The first-order valence-corrected chi connectivity index (χ1v) is 8.39. The second-order valence-corrected chi connectivity index (χ2v) is 5.99. The largest absolute Gasteiger partial charge is 0.455 e. The smallest absolute Gasteiger partial charge is 0.309 e. The van der Waals surface area contributed by atoms with Crippen molar-refractivity contribution >= 4 is 11.9 Å². The molecule has 0 fully saturated rings. The van der Waals surface area contributed by atoms with E-state index in [4.69, 9.17) is 4.74 Å². The third-order valence-electron chi connectivity index (χ3n) is 4.09. The maximum Gasteiger partial charge on any atom is 0.309 e. The van der Waals surface area contributed by atoms with E-state index >= 15 is 0 Å². The summed E-state index contributed by atoms with van der Waals surface area (Å²) in [5, 5.41) is 7.01. The molecule has 6 heteroatoms. The topological polar surface area (TPSA) is 73.2 Å². The summed E-state index contributed by atoms with van der Waals surface area (Å²) in [6, 6.07) is 9.73. The molecular formula is C19H21N3O3. The molecule has 0 saturated carbocycles. The lowest BCUT2D eigenvalue weighted by atomic mass is 9.95. The zero-order chi connectivity index (χ0) is 17.5. The third kappa shape index (κ3) is 4.79. The first-order valence-electron chi connectivity index (χ1n) is 8.39. The highest BCUT2D eigenvalue weighted by Gasteiger charge is 2.20. The molecule has 6 nitrogen and oxygen atoms in total. The Balaban J connectivity index is 1.42. The number of esters is 1. The highest BCUT2D eigenvalue weighted by atomic mass is 16.5. The molecule has 1 aliphatic rings. The maximum atomic E-state index is 11.9. The van der Waals surface area contributed by atoms with Crippen molar-refractivity contribution < 1.29 is 14.3 Å². The number of carbonyl (C=O) groups is 2. The van der Waals surface area contributed by atoms with Crippen molar-refractivity contribution in [3.8, 4) is 5.69 Å². The predicted molar refractivity (Wildman–Crippen MR) is 92.9 cm³/mol. The molecule has 1 aliphatic carbocycles. The minimum Gasteiger partial charge on any atom is -0.455 e. The van der Waals surface area contributed by atoms with Crippen LogP contribution in [0.25, 0.3) is 5.69 Å². The quantitative estimate of drug-likeness (QED) is 0.648. The molecule has 0 spiro atoms. The SMILES string of the molecule is O=C(COC(=O)[C@H]1CC=CCC1)NCc1cnn(-c2ccccc2)c1. The fraction of sp³-hybridized carbons (Fsp3) is 0.316.